The van der Waals surface area contributed by atoms with Gasteiger partial charge in [-0.25, -0.2) is 0 Å². The molecule has 2 rings (SSSR count). The van der Waals surface area contributed by atoms with E-state index in [-0.39, 0.29) is 0 Å². The lowest BCUT2D eigenvalue weighted by molar-refractivity contribution is -0.119. The number of benzene rings is 1. The summed E-state index contributed by atoms with van der Waals surface area (Å²) in [6.07, 6.45) is 8.16. The summed E-state index contributed by atoms with van der Waals surface area (Å²) in [7, 11) is 0. The van der Waals surface area contributed by atoms with Gasteiger partial charge in [0, 0.05) is 12.8 Å². The van der Waals surface area contributed by atoms with Crippen LogP contribution in [0.3, 0.4) is 0 Å². The number of Topliss-reactive ketones (excluding diaryl/α,β-unsaturated/α-hetero) is 1. The maximum Gasteiger partial charge on any atom is 0.133 e. The lowest BCUT2D eigenvalue weighted by Crippen LogP contribution is -2.09. The van der Waals surface area contributed by atoms with E-state index in [1.165, 1.54) is 11.1 Å². The number of rotatable bonds is 1. The van der Waals surface area contributed by atoms with Crippen molar-refractivity contribution in [2.75, 3.05) is 0 Å². The topological polar surface area (TPSA) is 17.1 Å². The SMILES string of the molecule is C/C1=C\CCCCC(=O)C[C@@H](c2ccccc2)C1. The van der Waals surface area contributed by atoms with Crippen molar-refractivity contribution in [1.82, 2.24) is 0 Å². The molecule has 18 heavy (non-hydrogen) atoms. The lowest BCUT2D eigenvalue weighted by Gasteiger charge is -2.18. The first-order valence-electron chi connectivity index (χ1n) is 6.98. The summed E-state index contributed by atoms with van der Waals surface area (Å²) in [6.45, 7) is 2.20. The summed E-state index contributed by atoms with van der Waals surface area (Å²) in [5, 5.41) is 0. The maximum atomic E-state index is 12.0. The Kier molecular flexibility index (Phi) is 4.74. The van der Waals surface area contributed by atoms with E-state index in [2.05, 4.69) is 37.3 Å². The predicted molar refractivity (Wildman–Crippen MR) is 75.6 cm³/mol. The Labute approximate surface area is 110 Å². The molecule has 0 radical (unpaired) electrons. The molecule has 0 saturated heterocycles. The molecule has 0 unspecified atom stereocenters. The Morgan fingerprint density at radius 3 is 2.61 bits per heavy atom. The number of carbonyl (C=O) groups is 1. The Bertz CT molecular complexity index is 416. The predicted octanol–water partition coefficient (Wildman–Crippen LogP) is 4.64. The van der Waals surface area contributed by atoms with Gasteiger partial charge in [-0.2, -0.15) is 0 Å². The quantitative estimate of drug-likeness (QED) is 0.656. The standard InChI is InChI=1S/C17H22O/c1-14-8-4-2-7-11-17(18)13-16(12-14)15-9-5-3-6-10-15/h3,5-6,8-10,16H,2,4,7,11-13H2,1H3/b14-8+/t16-/m0/s1. The van der Waals surface area contributed by atoms with E-state index in [9.17, 15) is 4.79 Å². The minimum atomic E-state index is 0.369. The Morgan fingerprint density at radius 2 is 1.83 bits per heavy atom. The van der Waals surface area contributed by atoms with E-state index in [1.54, 1.807) is 0 Å². The van der Waals surface area contributed by atoms with Crippen molar-refractivity contribution in [3.05, 3.63) is 47.5 Å². The van der Waals surface area contributed by atoms with Crippen LogP contribution in [-0.4, -0.2) is 5.78 Å². The van der Waals surface area contributed by atoms with Crippen molar-refractivity contribution in [3.63, 3.8) is 0 Å². The third kappa shape index (κ3) is 3.83. The Balaban J connectivity index is 2.18. The lowest BCUT2D eigenvalue weighted by atomic mass is 9.86. The van der Waals surface area contributed by atoms with Crippen LogP contribution in [0.15, 0.2) is 42.0 Å². The van der Waals surface area contributed by atoms with Crippen LogP contribution >= 0.6 is 0 Å². The second-order valence-electron chi connectivity index (χ2n) is 5.35. The van der Waals surface area contributed by atoms with E-state index < -0.39 is 0 Å². The van der Waals surface area contributed by atoms with Crippen LogP contribution < -0.4 is 0 Å². The second kappa shape index (κ2) is 6.53. The van der Waals surface area contributed by atoms with Crippen molar-refractivity contribution < 1.29 is 4.79 Å². The molecule has 1 heteroatoms. The largest absolute Gasteiger partial charge is 0.300 e. The van der Waals surface area contributed by atoms with Crippen molar-refractivity contribution >= 4 is 5.78 Å². The molecule has 1 atom stereocenters. The summed E-state index contributed by atoms with van der Waals surface area (Å²) in [4.78, 5) is 12.0. The molecule has 0 N–H and O–H groups in total. The molecule has 0 fully saturated rings. The summed E-state index contributed by atoms with van der Waals surface area (Å²) in [5.41, 5.74) is 2.73. The van der Waals surface area contributed by atoms with Crippen LogP contribution in [0.5, 0.6) is 0 Å². The summed E-state index contributed by atoms with van der Waals surface area (Å²) in [6, 6.07) is 10.5. The Morgan fingerprint density at radius 1 is 1.06 bits per heavy atom. The number of ketones is 1. The number of hydrogen-bond donors (Lipinski definition) is 0. The summed E-state index contributed by atoms with van der Waals surface area (Å²) < 4.78 is 0. The number of carbonyl (C=O) groups excluding carboxylic acids is 1. The van der Waals surface area contributed by atoms with Gasteiger partial charge in [-0.05, 0) is 44.1 Å². The van der Waals surface area contributed by atoms with Crippen molar-refractivity contribution in [1.29, 1.82) is 0 Å². The molecule has 0 bridgehead atoms. The fourth-order valence-electron chi connectivity index (χ4n) is 2.70. The van der Waals surface area contributed by atoms with E-state index in [4.69, 9.17) is 0 Å². The molecule has 1 aromatic carbocycles. The maximum absolute atomic E-state index is 12.0. The Hall–Kier alpha value is -1.37. The first-order chi connectivity index (χ1) is 8.75. The smallest absolute Gasteiger partial charge is 0.133 e. The van der Waals surface area contributed by atoms with E-state index in [1.807, 2.05) is 6.07 Å². The average Bonchev–Trinajstić information content (AvgIpc) is 2.38. The summed E-state index contributed by atoms with van der Waals surface area (Å²) >= 11 is 0. The number of hydrogen-bond acceptors (Lipinski definition) is 1. The minimum Gasteiger partial charge on any atom is -0.300 e. The number of allylic oxidation sites excluding steroid dienone is 2. The average molecular weight is 242 g/mol. The van der Waals surface area contributed by atoms with E-state index in [0.29, 0.717) is 18.1 Å². The van der Waals surface area contributed by atoms with Gasteiger partial charge in [-0.1, -0.05) is 42.0 Å². The van der Waals surface area contributed by atoms with Crippen LogP contribution in [0.25, 0.3) is 0 Å². The molecule has 0 amide bonds. The molecule has 1 aliphatic rings. The highest BCUT2D eigenvalue weighted by Gasteiger charge is 2.17. The van der Waals surface area contributed by atoms with Crippen LogP contribution in [0, 0.1) is 0 Å². The summed E-state index contributed by atoms with van der Waals surface area (Å²) in [5.74, 6) is 0.798. The fraction of sp³-hybridized carbons (Fsp3) is 0.471. The molecule has 1 nitrogen and oxygen atoms in total. The van der Waals surface area contributed by atoms with Gasteiger partial charge in [0.1, 0.15) is 5.78 Å². The fourth-order valence-corrected chi connectivity index (χ4v) is 2.70. The monoisotopic (exact) mass is 242 g/mol. The van der Waals surface area contributed by atoms with Gasteiger partial charge in [-0.3, -0.25) is 4.79 Å². The molecule has 0 aromatic heterocycles. The first-order valence-corrected chi connectivity index (χ1v) is 6.98. The minimum absolute atomic E-state index is 0.369. The highest BCUT2D eigenvalue weighted by Crippen LogP contribution is 2.29. The van der Waals surface area contributed by atoms with Crippen LogP contribution in [0.4, 0.5) is 0 Å². The van der Waals surface area contributed by atoms with Gasteiger partial charge in [-0.15, -0.1) is 0 Å². The van der Waals surface area contributed by atoms with Gasteiger partial charge in [0.25, 0.3) is 0 Å². The van der Waals surface area contributed by atoms with Gasteiger partial charge >= 0.3 is 0 Å². The van der Waals surface area contributed by atoms with Gasteiger partial charge in [0.2, 0.25) is 0 Å². The van der Waals surface area contributed by atoms with Crippen molar-refractivity contribution in [2.45, 2.75) is 51.4 Å². The van der Waals surface area contributed by atoms with Crippen molar-refractivity contribution in [3.8, 4) is 0 Å². The second-order valence-corrected chi connectivity index (χ2v) is 5.35. The zero-order valence-corrected chi connectivity index (χ0v) is 11.2. The van der Waals surface area contributed by atoms with Crippen molar-refractivity contribution in [2.24, 2.45) is 0 Å². The molecule has 0 heterocycles. The zero-order valence-electron chi connectivity index (χ0n) is 11.2. The van der Waals surface area contributed by atoms with Crippen LogP contribution in [0.1, 0.15) is 56.9 Å². The molecular weight excluding hydrogens is 220 g/mol. The van der Waals surface area contributed by atoms with Crippen LogP contribution in [-0.2, 0) is 4.79 Å². The molecule has 0 aliphatic heterocycles. The molecular formula is C17H22O. The molecule has 96 valence electrons. The zero-order chi connectivity index (χ0) is 12.8. The third-order valence-corrected chi connectivity index (χ3v) is 3.72. The molecule has 1 aromatic rings. The van der Waals surface area contributed by atoms with Gasteiger partial charge in [0.05, 0.1) is 0 Å². The highest BCUT2D eigenvalue weighted by atomic mass is 16.1. The van der Waals surface area contributed by atoms with Crippen LogP contribution in [0.2, 0.25) is 0 Å². The normalized spacial score (nSPS) is 25.3. The van der Waals surface area contributed by atoms with Gasteiger partial charge in [0.15, 0.2) is 0 Å². The molecule has 0 saturated carbocycles. The molecule has 0 spiro atoms. The molecule has 1 aliphatic carbocycles. The van der Waals surface area contributed by atoms with E-state index in [0.717, 1.165) is 32.1 Å². The first kappa shape index (κ1) is 13.1. The highest BCUT2D eigenvalue weighted by molar-refractivity contribution is 5.79. The third-order valence-electron chi connectivity index (χ3n) is 3.72. The van der Waals surface area contributed by atoms with E-state index >= 15 is 0 Å². The van der Waals surface area contributed by atoms with Gasteiger partial charge < -0.3 is 0 Å².